The molecule has 8 nitrogen and oxygen atoms in total. The van der Waals surface area contributed by atoms with Crippen molar-refractivity contribution in [3.8, 4) is 0 Å². The van der Waals surface area contributed by atoms with Gasteiger partial charge in [0, 0.05) is 30.8 Å². The van der Waals surface area contributed by atoms with Crippen LogP contribution < -0.4 is 16.2 Å². The van der Waals surface area contributed by atoms with Crippen LogP contribution in [0.2, 0.25) is 0 Å². The van der Waals surface area contributed by atoms with Gasteiger partial charge in [0.05, 0.1) is 28.7 Å². The Kier molecular flexibility index (Phi) is 7.02. The second-order valence-corrected chi connectivity index (χ2v) is 7.73. The normalized spacial score (nSPS) is 10.7. The summed E-state index contributed by atoms with van der Waals surface area (Å²) in [5.74, 6) is -1.18. The number of pyridine rings is 1. The number of amides is 2. The monoisotopic (exact) mass is 459 g/mol. The number of hydrogen-bond acceptors (Lipinski definition) is 5. The summed E-state index contributed by atoms with van der Waals surface area (Å²) in [4.78, 5) is 40.2. The highest BCUT2D eigenvalue weighted by Crippen LogP contribution is 2.21. The van der Waals surface area contributed by atoms with Crippen molar-refractivity contribution in [2.24, 2.45) is 0 Å². The molecule has 2 aromatic heterocycles. The van der Waals surface area contributed by atoms with Gasteiger partial charge in [-0.25, -0.2) is 9.49 Å². The average molecular weight is 459 g/mol. The van der Waals surface area contributed by atoms with Crippen molar-refractivity contribution in [2.75, 3.05) is 10.6 Å². The van der Waals surface area contributed by atoms with E-state index >= 15 is 0 Å². The third-order valence-corrected chi connectivity index (χ3v) is 5.20. The van der Waals surface area contributed by atoms with Gasteiger partial charge in [0.15, 0.2) is 0 Å². The summed E-state index contributed by atoms with van der Waals surface area (Å²) in [7, 11) is 0. The van der Waals surface area contributed by atoms with Gasteiger partial charge >= 0.3 is 0 Å². The molecular weight excluding hydrogens is 437 g/mol. The second-order valence-electron chi connectivity index (χ2n) is 7.73. The molecule has 0 radical (unpaired) electrons. The molecule has 2 amide bonds. The highest BCUT2D eigenvalue weighted by molar-refractivity contribution is 5.93. The number of nitrogens with zero attached hydrogens (tertiary/aromatic N) is 2. The van der Waals surface area contributed by atoms with Crippen LogP contribution in [0.1, 0.15) is 30.5 Å². The van der Waals surface area contributed by atoms with Crippen molar-refractivity contribution in [3.63, 3.8) is 0 Å². The van der Waals surface area contributed by atoms with E-state index < -0.39 is 11.7 Å². The Hall–Kier alpha value is -4.40. The Balaban J connectivity index is 1.36. The number of aromatic amines is 1. The lowest BCUT2D eigenvalue weighted by Crippen LogP contribution is -2.15. The lowest BCUT2D eigenvalue weighted by atomic mass is 10.0. The molecule has 0 saturated carbocycles. The molecule has 34 heavy (non-hydrogen) atoms. The summed E-state index contributed by atoms with van der Waals surface area (Å²) in [6.07, 6.45) is 4.01. The number of aromatic nitrogens is 3. The number of carbonyl (C=O) groups excluding carboxylic acids is 2. The van der Waals surface area contributed by atoms with Crippen LogP contribution in [-0.2, 0) is 16.0 Å². The summed E-state index contributed by atoms with van der Waals surface area (Å²) in [6.45, 7) is 0. The topological polar surface area (TPSA) is 117 Å². The number of carbonyl (C=O) groups is 2. The van der Waals surface area contributed by atoms with Crippen LogP contribution in [0, 0.1) is 5.82 Å². The number of fused-ring (bicyclic) bond motifs is 1. The Bertz CT molecular complexity index is 1390. The fourth-order valence-corrected chi connectivity index (χ4v) is 3.56. The zero-order valence-electron chi connectivity index (χ0n) is 18.2. The number of H-pyrrole nitrogens is 1. The maximum Gasteiger partial charge on any atom is 0.272 e. The summed E-state index contributed by atoms with van der Waals surface area (Å²) in [5.41, 5.74) is 1.72. The SMILES string of the molecule is O=C(CCCC(=O)Nc1cc(Cc2n[nH]c(=O)c3ccccc23)ccc1F)Nc1cccnc1. The molecule has 2 heterocycles. The molecule has 9 heteroatoms. The zero-order chi connectivity index (χ0) is 23.9. The first-order chi connectivity index (χ1) is 16.5. The molecule has 0 bridgehead atoms. The van der Waals surface area contributed by atoms with Crippen molar-refractivity contribution in [1.29, 1.82) is 0 Å². The van der Waals surface area contributed by atoms with E-state index in [1.807, 2.05) is 12.1 Å². The van der Waals surface area contributed by atoms with E-state index in [-0.39, 0.29) is 30.0 Å². The molecule has 0 fully saturated rings. The fraction of sp³-hybridized carbons (Fsp3) is 0.160. The molecule has 3 N–H and O–H groups in total. The van der Waals surface area contributed by atoms with Gasteiger partial charge in [-0.05, 0) is 42.3 Å². The molecule has 0 spiro atoms. The minimum atomic E-state index is -0.564. The fourth-order valence-electron chi connectivity index (χ4n) is 3.56. The molecule has 172 valence electrons. The van der Waals surface area contributed by atoms with E-state index in [9.17, 15) is 18.8 Å². The van der Waals surface area contributed by atoms with Crippen molar-refractivity contribution < 1.29 is 14.0 Å². The molecule has 0 saturated heterocycles. The van der Waals surface area contributed by atoms with Crippen LogP contribution in [0.4, 0.5) is 15.8 Å². The Morgan fingerprint density at radius 1 is 0.941 bits per heavy atom. The summed E-state index contributed by atoms with van der Waals surface area (Å²) in [6, 6.07) is 15.0. The highest BCUT2D eigenvalue weighted by atomic mass is 19.1. The Labute approximate surface area is 194 Å². The van der Waals surface area contributed by atoms with Gasteiger partial charge in [-0.2, -0.15) is 5.10 Å². The van der Waals surface area contributed by atoms with E-state index in [4.69, 9.17) is 0 Å². The number of benzene rings is 2. The Morgan fingerprint density at radius 2 is 1.71 bits per heavy atom. The van der Waals surface area contributed by atoms with Crippen molar-refractivity contribution >= 4 is 34.0 Å². The van der Waals surface area contributed by atoms with Crippen LogP contribution in [0.3, 0.4) is 0 Å². The average Bonchev–Trinajstić information content (AvgIpc) is 2.84. The van der Waals surface area contributed by atoms with Crippen LogP contribution in [0.15, 0.2) is 71.8 Å². The number of rotatable bonds is 8. The first-order valence-electron chi connectivity index (χ1n) is 10.7. The largest absolute Gasteiger partial charge is 0.325 e. The summed E-state index contributed by atoms with van der Waals surface area (Å²) < 4.78 is 14.3. The van der Waals surface area contributed by atoms with Crippen LogP contribution in [0.25, 0.3) is 10.8 Å². The van der Waals surface area contributed by atoms with Crippen LogP contribution in [-0.4, -0.2) is 27.0 Å². The summed E-state index contributed by atoms with van der Waals surface area (Å²) in [5, 5.41) is 13.1. The molecule has 4 rings (SSSR count). The molecule has 0 aliphatic heterocycles. The van der Waals surface area contributed by atoms with Crippen LogP contribution in [0.5, 0.6) is 0 Å². The molecule has 0 atom stereocenters. The first-order valence-corrected chi connectivity index (χ1v) is 10.7. The third-order valence-electron chi connectivity index (χ3n) is 5.20. The van der Waals surface area contributed by atoms with E-state index in [2.05, 4.69) is 25.8 Å². The van der Waals surface area contributed by atoms with Crippen molar-refractivity contribution in [1.82, 2.24) is 15.2 Å². The Morgan fingerprint density at radius 3 is 2.47 bits per heavy atom. The number of halogens is 1. The van der Waals surface area contributed by atoms with Gasteiger partial charge in [0.2, 0.25) is 11.8 Å². The number of anilines is 2. The van der Waals surface area contributed by atoms with Gasteiger partial charge in [0.1, 0.15) is 5.82 Å². The molecule has 2 aromatic carbocycles. The molecule has 4 aromatic rings. The minimum absolute atomic E-state index is 0.0519. The lowest BCUT2D eigenvalue weighted by Gasteiger charge is -2.10. The smallest absolute Gasteiger partial charge is 0.272 e. The van der Waals surface area contributed by atoms with E-state index in [0.29, 0.717) is 35.0 Å². The van der Waals surface area contributed by atoms with Gasteiger partial charge in [-0.3, -0.25) is 19.4 Å². The highest BCUT2D eigenvalue weighted by Gasteiger charge is 2.12. The predicted octanol–water partition coefficient (Wildman–Crippen LogP) is 3.80. The van der Waals surface area contributed by atoms with E-state index in [1.54, 1.807) is 42.6 Å². The molecule has 0 aliphatic rings. The van der Waals surface area contributed by atoms with Gasteiger partial charge in [0.25, 0.3) is 5.56 Å². The molecular formula is C25H22FN5O3. The number of hydrogen-bond donors (Lipinski definition) is 3. The third kappa shape index (κ3) is 5.69. The van der Waals surface area contributed by atoms with Crippen molar-refractivity contribution in [2.45, 2.75) is 25.7 Å². The first kappa shape index (κ1) is 22.8. The molecule has 0 aliphatic carbocycles. The van der Waals surface area contributed by atoms with Gasteiger partial charge in [-0.1, -0.05) is 24.3 Å². The standard InChI is InChI=1S/C25H22FN5O3/c26-20-11-10-16(13-21-18-6-1-2-7-19(18)25(34)31-30-21)14-22(20)29-24(33)9-3-8-23(32)28-17-5-4-12-27-15-17/h1-2,4-7,10-12,14-15H,3,8-9,13H2,(H,28,32)(H,29,33)(H,31,34). The lowest BCUT2D eigenvalue weighted by molar-refractivity contribution is -0.117. The zero-order valence-corrected chi connectivity index (χ0v) is 18.2. The summed E-state index contributed by atoms with van der Waals surface area (Å²) >= 11 is 0. The molecule has 0 unspecified atom stereocenters. The second kappa shape index (κ2) is 10.5. The van der Waals surface area contributed by atoms with E-state index in [0.717, 1.165) is 5.56 Å². The van der Waals surface area contributed by atoms with Crippen molar-refractivity contribution in [3.05, 3.63) is 94.4 Å². The van der Waals surface area contributed by atoms with Crippen LogP contribution >= 0.6 is 0 Å². The van der Waals surface area contributed by atoms with Gasteiger partial charge in [-0.15, -0.1) is 0 Å². The maximum absolute atomic E-state index is 14.3. The minimum Gasteiger partial charge on any atom is -0.325 e. The quantitative estimate of drug-likeness (QED) is 0.371. The van der Waals surface area contributed by atoms with E-state index in [1.165, 1.54) is 12.3 Å². The van der Waals surface area contributed by atoms with Gasteiger partial charge < -0.3 is 10.6 Å². The number of nitrogens with one attached hydrogen (secondary N) is 3. The predicted molar refractivity (Wildman–Crippen MR) is 127 cm³/mol. The maximum atomic E-state index is 14.3.